The van der Waals surface area contributed by atoms with Gasteiger partial charge in [0.1, 0.15) is 6.10 Å². The van der Waals surface area contributed by atoms with Crippen LogP contribution in [0.1, 0.15) is 24.2 Å². The summed E-state index contributed by atoms with van der Waals surface area (Å²) in [5.41, 5.74) is 2.46. The van der Waals surface area contributed by atoms with Gasteiger partial charge in [0.05, 0.1) is 6.10 Å². The van der Waals surface area contributed by atoms with Gasteiger partial charge in [-0.3, -0.25) is 4.90 Å². The van der Waals surface area contributed by atoms with E-state index in [1.807, 2.05) is 12.1 Å². The molecule has 0 aliphatic carbocycles. The second-order valence-corrected chi connectivity index (χ2v) is 5.31. The molecule has 1 aliphatic rings. The molecular weight excluding hydrogens is 246 g/mol. The van der Waals surface area contributed by atoms with Gasteiger partial charge < -0.3 is 4.74 Å². The average Bonchev–Trinajstić information content (AvgIpc) is 2.48. The number of likely N-dealkylation sites (tertiary alicyclic amines) is 1. The Hall–Kier alpha value is -1.64. The SMILES string of the molecule is CCN1CC(OC(c2ccccc2)c2ccccc2)C1. The van der Waals surface area contributed by atoms with Gasteiger partial charge in [-0.05, 0) is 17.7 Å². The van der Waals surface area contributed by atoms with Gasteiger partial charge in [0.2, 0.25) is 0 Å². The van der Waals surface area contributed by atoms with Crippen LogP contribution in [0.25, 0.3) is 0 Å². The molecule has 1 saturated heterocycles. The van der Waals surface area contributed by atoms with Crippen molar-refractivity contribution in [2.45, 2.75) is 19.1 Å². The van der Waals surface area contributed by atoms with Crippen LogP contribution in [0.15, 0.2) is 60.7 Å². The number of hydrogen-bond donors (Lipinski definition) is 0. The molecule has 1 heterocycles. The molecule has 0 bridgehead atoms. The number of benzene rings is 2. The van der Waals surface area contributed by atoms with Gasteiger partial charge >= 0.3 is 0 Å². The standard InChI is InChI=1S/C18H21NO/c1-2-19-13-17(14-19)20-18(15-9-5-3-6-10-15)16-11-7-4-8-12-16/h3-12,17-18H,2,13-14H2,1H3. The molecule has 2 aromatic carbocycles. The molecule has 3 rings (SSSR count). The summed E-state index contributed by atoms with van der Waals surface area (Å²) in [6.07, 6.45) is 0.391. The number of hydrogen-bond acceptors (Lipinski definition) is 2. The fourth-order valence-corrected chi connectivity index (χ4v) is 2.66. The molecule has 104 valence electrons. The Balaban J connectivity index is 1.78. The molecule has 0 N–H and O–H groups in total. The molecule has 2 nitrogen and oxygen atoms in total. The van der Waals surface area contributed by atoms with Gasteiger partial charge in [-0.2, -0.15) is 0 Å². The van der Waals surface area contributed by atoms with E-state index in [-0.39, 0.29) is 6.10 Å². The largest absolute Gasteiger partial charge is 0.363 e. The predicted molar refractivity (Wildman–Crippen MR) is 81.7 cm³/mol. The molecule has 0 unspecified atom stereocenters. The van der Waals surface area contributed by atoms with Crippen LogP contribution < -0.4 is 0 Å². The molecule has 0 aromatic heterocycles. The summed E-state index contributed by atoms with van der Waals surface area (Å²) in [5, 5.41) is 0. The summed E-state index contributed by atoms with van der Waals surface area (Å²) in [7, 11) is 0. The molecule has 0 atom stereocenters. The lowest BCUT2D eigenvalue weighted by atomic mass is 10.0. The van der Waals surface area contributed by atoms with Crippen LogP contribution in [-0.4, -0.2) is 30.6 Å². The lowest BCUT2D eigenvalue weighted by Crippen LogP contribution is -2.52. The maximum Gasteiger partial charge on any atom is 0.108 e. The van der Waals surface area contributed by atoms with Gasteiger partial charge in [0.15, 0.2) is 0 Å². The van der Waals surface area contributed by atoms with Crippen LogP contribution >= 0.6 is 0 Å². The fourth-order valence-electron chi connectivity index (χ4n) is 2.66. The molecule has 1 fully saturated rings. The molecule has 0 radical (unpaired) electrons. The average molecular weight is 267 g/mol. The highest BCUT2D eigenvalue weighted by Crippen LogP contribution is 2.29. The maximum atomic E-state index is 6.35. The van der Waals surface area contributed by atoms with Crippen molar-refractivity contribution < 1.29 is 4.74 Å². The molecule has 2 aromatic rings. The topological polar surface area (TPSA) is 12.5 Å². The number of nitrogens with zero attached hydrogens (tertiary/aromatic N) is 1. The third kappa shape index (κ3) is 2.92. The van der Waals surface area contributed by atoms with E-state index in [4.69, 9.17) is 4.74 Å². The monoisotopic (exact) mass is 267 g/mol. The van der Waals surface area contributed by atoms with Gasteiger partial charge in [-0.1, -0.05) is 67.6 Å². The van der Waals surface area contributed by atoms with E-state index < -0.39 is 0 Å². The normalized spacial score (nSPS) is 16.3. The number of ether oxygens (including phenoxy) is 1. The molecule has 0 saturated carbocycles. The van der Waals surface area contributed by atoms with E-state index in [0.717, 1.165) is 19.6 Å². The first-order valence-electron chi connectivity index (χ1n) is 7.34. The van der Waals surface area contributed by atoms with E-state index in [1.54, 1.807) is 0 Å². The zero-order chi connectivity index (χ0) is 13.8. The third-order valence-corrected chi connectivity index (χ3v) is 3.90. The Morgan fingerprint density at radius 3 is 1.90 bits per heavy atom. The van der Waals surface area contributed by atoms with Crippen molar-refractivity contribution in [3.05, 3.63) is 71.8 Å². The fraction of sp³-hybridized carbons (Fsp3) is 0.333. The molecule has 1 aliphatic heterocycles. The van der Waals surface area contributed by atoms with E-state index >= 15 is 0 Å². The Morgan fingerprint density at radius 1 is 0.950 bits per heavy atom. The second-order valence-electron chi connectivity index (χ2n) is 5.31. The summed E-state index contributed by atoms with van der Waals surface area (Å²) in [5.74, 6) is 0. The zero-order valence-corrected chi connectivity index (χ0v) is 11.9. The van der Waals surface area contributed by atoms with Crippen molar-refractivity contribution in [1.82, 2.24) is 4.90 Å². The van der Waals surface area contributed by atoms with Gasteiger partial charge in [0, 0.05) is 13.1 Å². The molecule has 0 amide bonds. The van der Waals surface area contributed by atoms with Crippen LogP contribution in [0.3, 0.4) is 0 Å². The first-order valence-corrected chi connectivity index (χ1v) is 7.34. The minimum atomic E-state index is 0.0430. The van der Waals surface area contributed by atoms with Crippen molar-refractivity contribution in [2.24, 2.45) is 0 Å². The van der Waals surface area contributed by atoms with Gasteiger partial charge in [-0.15, -0.1) is 0 Å². The minimum Gasteiger partial charge on any atom is -0.363 e. The van der Waals surface area contributed by atoms with Crippen molar-refractivity contribution in [2.75, 3.05) is 19.6 Å². The molecule has 2 heteroatoms. The Bertz CT molecular complexity index is 480. The zero-order valence-electron chi connectivity index (χ0n) is 11.9. The number of rotatable bonds is 5. The maximum absolute atomic E-state index is 6.35. The summed E-state index contributed by atoms with van der Waals surface area (Å²) in [6, 6.07) is 21.0. The van der Waals surface area contributed by atoms with Gasteiger partial charge in [0.25, 0.3) is 0 Å². The lowest BCUT2D eigenvalue weighted by Gasteiger charge is -2.40. The summed E-state index contributed by atoms with van der Waals surface area (Å²) in [6.45, 7) is 5.41. The van der Waals surface area contributed by atoms with Crippen LogP contribution in [0.2, 0.25) is 0 Å². The van der Waals surface area contributed by atoms with Crippen molar-refractivity contribution in [3.63, 3.8) is 0 Å². The highest BCUT2D eigenvalue weighted by atomic mass is 16.5. The van der Waals surface area contributed by atoms with Crippen molar-refractivity contribution in [3.8, 4) is 0 Å². The molecular formula is C18H21NO. The molecule has 0 spiro atoms. The quantitative estimate of drug-likeness (QED) is 0.822. The second kappa shape index (κ2) is 6.21. The van der Waals surface area contributed by atoms with Crippen LogP contribution in [-0.2, 0) is 4.74 Å². The Kier molecular flexibility index (Phi) is 4.14. The van der Waals surface area contributed by atoms with E-state index in [9.17, 15) is 0 Å². The highest BCUT2D eigenvalue weighted by Gasteiger charge is 2.29. The van der Waals surface area contributed by atoms with Crippen LogP contribution in [0, 0.1) is 0 Å². The summed E-state index contributed by atoms with van der Waals surface area (Å²) < 4.78 is 6.35. The Labute approximate surface area is 121 Å². The van der Waals surface area contributed by atoms with Crippen molar-refractivity contribution in [1.29, 1.82) is 0 Å². The Morgan fingerprint density at radius 2 is 1.45 bits per heavy atom. The smallest absolute Gasteiger partial charge is 0.108 e. The van der Waals surface area contributed by atoms with Crippen LogP contribution in [0.5, 0.6) is 0 Å². The third-order valence-electron chi connectivity index (χ3n) is 3.90. The predicted octanol–water partition coefficient (Wildman–Crippen LogP) is 3.50. The van der Waals surface area contributed by atoms with E-state index in [1.165, 1.54) is 11.1 Å². The van der Waals surface area contributed by atoms with Crippen LogP contribution in [0.4, 0.5) is 0 Å². The van der Waals surface area contributed by atoms with E-state index in [2.05, 4.69) is 60.4 Å². The lowest BCUT2D eigenvalue weighted by molar-refractivity contribution is -0.0790. The van der Waals surface area contributed by atoms with E-state index in [0.29, 0.717) is 6.10 Å². The highest BCUT2D eigenvalue weighted by molar-refractivity contribution is 5.30. The first-order chi connectivity index (χ1) is 9.86. The first kappa shape index (κ1) is 13.3. The number of likely N-dealkylation sites (N-methyl/N-ethyl adjacent to an activating group) is 1. The summed E-state index contributed by atoms with van der Waals surface area (Å²) >= 11 is 0. The summed E-state index contributed by atoms with van der Waals surface area (Å²) in [4.78, 5) is 2.40. The minimum absolute atomic E-state index is 0.0430. The van der Waals surface area contributed by atoms with Gasteiger partial charge in [-0.25, -0.2) is 0 Å². The molecule has 20 heavy (non-hydrogen) atoms. The van der Waals surface area contributed by atoms with Crippen molar-refractivity contribution >= 4 is 0 Å².